The van der Waals surface area contributed by atoms with Crippen molar-refractivity contribution < 1.29 is 27.4 Å². The molecule has 1 saturated heterocycles. The fourth-order valence-corrected chi connectivity index (χ4v) is 5.64. The summed E-state index contributed by atoms with van der Waals surface area (Å²) in [5, 5.41) is 24.6. The molecule has 48 heavy (non-hydrogen) atoms. The third-order valence-electron chi connectivity index (χ3n) is 7.92. The van der Waals surface area contributed by atoms with E-state index in [1.165, 1.54) is 46.9 Å². The molecule has 6 rings (SSSR count). The van der Waals surface area contributed by atoms with E-state index >= 15 is 0 Å². The van der Waals surface area contributed by atoms with Crippen molar-refractivity contribution in [2.24, 2.45) is 0 Å². The summed E-state index contributed by atoms with van der Waals surface area (Å²) in [5.41, 5.74) is 0.960. The highest BCUT2D eigenvalue weighted by Crippen LogP contribution is 2.35. The SMILES string of the molecule is CC(F)OC1=CCC(OC(F)F)C(c2nn(Cc3nnn(C4CN(CCCCN(C)C)C4)n3)cc2NC(=O)c2cnn3cccnc23)=C1. The first-order valence-corrected chi connectivity index (χ1v) is 15.6. The Morgan fingerprint density at radius 1 is 1.19 bits per heavy atom. The third-order valence-corrected chi connectivity index (χ3v) is 7.92. The van der Waals surface area contributed by atoms with E-state index in [0.717, 1.165) is 39.0 Å². The number of hydrogen-bond donors (Lipinski definition) is 1. The Bertz CT molecular complexity index is 1780. The molecule has 2 unspecified atom stereocenters. The number of unbranched alkanes of at least 4 members (excludes halogenated alkanes) is 1. The van der Waals surface area contributed by atoms with Gasteiger partial charge in [-0.3, -0.25) is 14.4 Å². The summed E-state index contributed by atoms with van der Waals surface area (Å²) in [5.74, 6) is -0.0760. The number of rotatable bonds is 15. The summed E-state index contributed by atoms with van der Waals surface area (Å²) in [6, 6.07) is 1.78. The zero-order chi connectivity index (χ0) is 33.8. The largest absolute Gasteiger partial charge is 0.461 e. The van der Waals surface area contributed by atoms with Gasteiger partial charge in [0.15, 0.2) is 11.5 Å². The molecule has 1 aliphatic carbocycles. The molecule has 4 aromatic rings. The van der Waals surface area contributed by atoms with Crippen molar-refractivity contribution in [2.45, 2.75) is 57.8 Å². The number of carbonyl (C=O) groups is 1. The predicted octanol–water partition coefficient (Wildman–Crippen LogP) is 3.02. The fraction of sp³-hybridized carbons (Fsp3) is 0.500. The van der Waals surface area contributed by atoms with Crippen LogP contribution in [0.3, 0.4) is 0 Å². The van der Waals surface area contributed by atoms with E-state index in [-0.39, 0.29) is 47.3 Å². The van der Waals surface area contributed by atoms with E-state index in [1.807, 2.05) is 0 Å². The van der Waals surface area contributed by atoms with Crippen LogP contribution in [0.2, 0.25) is 0 Å². The summed E-state index contributed by atoms with van der Waals surface area (Å²) in [4.78, 5) is 23.8. The number of hydrogen-bond acceptors (Lipinski definition) is 11. The average molecular weight is 671 g/mol. The number of likely N-dealkylation sites (tertiary alicyclic amines) is 1. The van der Waals surface area contributed by atoms with E-state index in [2.05, 4.69) is 59.8 Å². The van der Waals surface area contributed by atoms with Gasteiger partial charge < -0.3 is 19.7 Å². The minimum atomic E-state index is -3.10. The first kappa shape index (κ1) is 33.2. The zero-order valence-corrected chi connectivity index (χ0v) is 26.8. The molecule has 0 bridgehead atoms. The Kier molecular flexibility index (Phi) is 10.1. The molecule has 4 aromatic heterocycles. The summed E-state index contributed by atoms with van der Waals surface area (Å²) in [6.45, 7) is 1.90. The molecule has 15 nitrogen and oxygen atoms in total. The number of nitrogens with one attached hydrogen (secondary N) is 1. The van der Waals surface area contributed by atoms with Gasteiger partial charge >= 0.3 is 6.61 Å². The molecule has 5 heterocycles. The lowest BCUT2D eigenvalue weighted by atomic mass is 9.97. The molecule has 1 amide bonds. The molecule has 0 radical (unpaired) electrons. The summed E-state index contributed by atoms with van der Waals surface area (Å²) in [6.07, 6.45) is 8.32. The standard InChI is InChI=1S/C30H37F3N12O3/c1-19(31)47-21-7-8-25(48-30(32)33)22(13-21)27-24(36-29(46)23-14-35-44-12-6-9-34-28(23)44)17-43(39-27)18-26-37-40-45(38-26)20-15-42(16-20)11-5-4-10-41(2)3/h6-7,9,12-14,17,19-20,25,30H,4-5,8,10-11,15-16,18H2,1-3H3,(H,36,46). The van der Waals surface area contributed by atoms with Gasteiger partial charge in [0.1, 0.15) is 23.6 Å². The van der Waals surface area contributed by atoms with Crippen molar-refractivity contribution in [3.05, 3.63) is 65.8 Å². The monoisotopic (exact) mass is 670 g/mol. The van der Waals surface area contributed by atoms with Crippen LogP contribution in [0.4, 0.5) is 18.9 Å². The highest BCUT2D eigenvalue weighted by molar-refractivity contribution is 6.09. The highest BCUT2D eigenvalue weighted by Gasteiger charge is 2.31. The van der Waals surface area contributed by atoms with Gasteiger partial charge in [0.2, 0.25) is 6.36 Å². The van der Waals surface area contributed by atoms with E-state index < -0.39 is 25.0 Å². The van der Waals surface area contributed by atoms with Gasteiger partial charge in [-0.25, -0.2) is 13.9 Å². The van der Waals surface area contributed by atoms with E-state index in [4.69, 9.17) is 9.47 Å². The number of aromatic nitrogens is 9. The van der Waals surface area contributed by atoms with Crippen molar-refractivity contribution in [1.29, 1.82) is 0 Å². The second-order valence-electron chi connectivity index (χ2n) is 11.9. The number of amides is 1. The molecular formula is C30H37F3N12O3. The Morgan fingerprint density at radius 3 is 2.79 bits per heavy atom. The van der Waals surface area contributed by atoms with Crippen LogP contribution in [0.5, 0.6) is 0 Å². The topological polar surface area (TPSA) is 146 Å². The lowest BCUT2D eigenvalue weighted by molar-refractivity contribution is -0.146. The van der Waals surface area contributed by atoms with Gasteiger partial charge in [-0.1, -0.05) is 0 Å². The molecule has 1 N–H and O–H groups in total. The van der Waals surface area contributed by atoms with Crippen LogP contribution in [0.1, 0.15) is 54.1 Å². The van der Waals surface area contributed by atoms with Crippen LogP contribution >= 0.6 is 0 Å². The maximum Gasteiger partial charge on any atom is 0.345 e. The molecule has 1 fully saturated rings. The number of carbonyl (C=O) groups excluding carboxylic acids is 1. The number of alkyl halides is 3. The Morgan fingerprint density at radius 2 is 2.02 bits per heavy atom. The molecule has 1 aliphatic heterocycles. The molecule has 18 heteroatoms. The zero-order valence-electron chi connectivity index (χ0n) is 26.8. The van der Waals surface area contributed by atoms with Crippen molar-refractivity contribution in [2.75, 3.05) is 45.6 Å². The van der Waals surface area contributed by atoms with Crippen LogP contribution in [0, 0.1) is 0 Å². The molecule has 256 valence electrons. The highest BCUT2D eigenvalue weighted by atomic mass is 19.3. The maximum absolute atomic E-state index is 13.8. The Balaban J connectivity index is 1.23. The summed E-state index contributed by atoms with van der Waals surface area (Å²) < 4.78 is 53.7. The van der Waals surface area contributed by atoms with Gasteiger partial charge in [-0.15, -0.1) is 10.2 Å². The Labute approximate surface area is 274 Å². The molecule has 2 atom stereocenters. The number of nitrogens with zero attached hydrogens (tertiary/aromatic N) is 11. The van der Waals surface area contributed by atoms with Crippen LogP contribution in [0.25, 0.3) is 11.2 Å². The molecule has 0 aromatic carbocycles. The number of allylic oxidation sites excluding steroid dienone is 1. The van der Waals surface area contributed by atoms with E-state index in [1.54, 1.807) is 17.1 Å². The van der Waals surface area contributed by atoms with Crippen LogP contribution in [-0.4, -0.2) is 120 Å². The quantitative estimate of drug-likeness (QED) is 0.186. The van der Waals surface area contributed by atoms with Crippen molar-refractivity contribution >= 4 is 22.8 Å². The number of halogens is 3. The second-order valence-corrected chi connectivity index (χ2v) is 11.9. The minimum Gasteiger partial charge on any atom is -0.461 e. The summed E-state index contributed by atoms with van der Waals surface area (Å²) in [7, 11) is 4.14. The van der Waals surface area contributed by atoms with Gasteiger partial charge in [0.05, 0.1) is 24.0 Å². The van der Waals surface area contributed by atoms with E-state index in [0.29, 0.717) is 11.5 Å². The molecular weight excluding hydrogens is 633 g/mol. The number of tetrazole rings is 1. The van der Waals surface area contributed by atoms with Gasteiger partial charge in [0, 0.05) is 44.2 Å². The molecule has 0 saturated carbocycles. The molecule has 2 aliphatic rings. The predicted molar refractivity (Wildman–Crippen MR) is 167 cm³/mol. The fourth-order valence-electron chi connectivity index (χ4n) is 5.64. The Hall–Kier alpha value is -4.68. The van der Waals surface area contributed by atoms with Crippen LogP contribution in [-0.2, 0) is 16.0 Å². The normalized spacial score (nSPS) is 17.9. The van der Waals surface area contributed by atoms with Crippen LogP contribution in [0.15, 0.2) is 48.8 Å². The van der Waals surface area contributed by atoms with Gasteiger partial charge in [-0.05, 0) is 69.9 Å². The lowest BCUT2D eigenvalue weighted by Gasteiger charge is -2.38. The van der Waals surface area contributed by atoms with Gasteiger partial charge in [0.25, 0.3) is 5.91 Å². The second kappa shape index (κ2) is 14.6. The number of fused-ring (bicyclic) bond motifs is 1. The van der Waals surface area contributed by atoms with Crippen molar-refractivity contribution in [3.63, 3.8) is 0 Å². The van der Waals surface area contributed by atoms with E-state index in [9.17, 15) is 18.0 Å². The smallest absolute Gasteiger partial charge is 0.345 e. The lowest BCUT2D eigenvalue weighted by Crippen LogP contribution is -2.48. The van der Waals surface area contributed by atoms with Crippen LogP contribution < -0.4 is 5.32 Å². The number of anilines is 1. The summed E-state index contributed by atoms with van der Waals surface area (Å²) >= 11 is 0. The first-order chi connectivity index (χ1) is 23.1. The third kappa shape index (κ3) is 7.88. The van der Waals surface area contributed by atoms with Crippen molar-refractivity contribution in [3.8, 4) is 0 Å². The van der Waals surface area contributed by atoms with Crippen molar-refractivity contribution in [1.82, 2.24) is 54.4 Å². The van der Waals surface area contributed by atoms with Gasteiger partial charge in [-0.2, -0.15) is 23.8 Å². The first-order valence-electron chi connectivity index (χ1n) is 15.6. The number of ether oxygens (including phenoxy) is 2. The maximum atomic E-state index is 13.8. The molecule has 0 spiro atoms. The average Bonchev–Trinajstić information content (AvgIpc) is 3.75. The minimum absolute atomic E-state index is 0.0413.